The van der Waals surface area contributed by atoms with Crippen LogP contribution in [0.4, 0.5) is 0 Å². The molecule has 19 unspecified atom stereocenters. The van der Waals surface area contributed by atoms with Gasteiger partial charge in [-0.05, 0) is 63.7 Å². The van der Waals surface area contributed by atoms with Gasteiger partial charge in [0.1, 0.15) is 11.7 Å². The van der Waals surface area contributed by atoms with Crippen LogP contribution in [0.25, 0.3) is 0 Å². The summed E-state index contributed by atoms with van der Waals surface area (Å²) in [4.78, 5) is 26.7. The Balaban J connectivity index is 1.98. The number of ether oxygens (including phenoxy) is 3. The first-order valence-electron chi connectivity index (χ1n) is 21.3. The van der Waals surface area contributed by atoms with E-state index in [4.69, 9.17) is 14.2 Å². The average molecular weight is 793 g/mol. The minimum atomic E-state index is -2.13. The molecule has 0 aromatic rings. The van der Waals surface area contributed by atoms with Gasteiger partial charge in [-0.1, -0.05) is 92.7 Å². The Morgan fingerprint density at radius 3 is 2.12 bits per heavy atom. The first kappa shape index (κ1) is 48.4. The summed E-state index contributed by atoms with van der Waals surface area (Å²) in [6.07, 6.45) is 7.80. The van der Waals surface area contributed by atoms with Crippen molar-refractivity contribution in [2.45, 2.75) is 181 Å². The van der Waals surface area contributed by atoms with Crippen LogP contribution < -0.4 is 0 Å². The number of allylic oxidation sites excluding steroid dienone is 4. The van der Waals surface area contributed by atoms with Crippen molar-refractivity contribution in [3.8, 4) is 0 Å². The van der Waals surface area contributed by atoms with Gasteiger partial charge >= 0.3 is 5.97 Å². The highest BCUT2D eigenvalue weighted by Crippen LogP contribution is 2.49. The van der Waals surface area contributed by atoms with Crippen molar-refractivity contribution in [3.05, 3.63) is 36.5 Å². The molecule has 3 rings (SSSR count). The van der Waals surface area contributed by atoms with Crippen molar-refractivity contribution in [2.75, 3.05) is 0 Å². The van der Waals surface area contributed by atoms with Crippen molar-refractivity contribution in [2.24, 2.45) is 53.3 Å². The lowest BCUT2D eigenvalue weighted by Crippen LogP contribution is -2.63. The minimum absolute atomic E-state index is 0.132. The summed E-state index contributed by atoms with van der Waals surface area (Å²) in [7, 11) is 0. The lowest BCUT2D eigenvalue weighted by molar-refractivity contribution is -0.375. The van der Waals surface area contributed by atoms with E-state index in [1.54, 1.807) is 40.7 Å². The molecule has 0 amide bonds. The standard InChI is InChI=1S/C45H76O11/c1-12-34-17-15-13-14-16-27(4)43(52)44(11,53)37(48)24-35(47)29(6)40(51)31(8)39(50)25(2)18-21-38(49)54-42-30(7)36(20-19-34)55-45(32(42)9)23-22-26(3)41(56-45)28(5)33(10)46/h13-15,17-18,21,25-36,39-43,46-47,50-53H,12,16,19-20,22-24H2,1-11H3/b14-13+,17-15+,21-18+. The third-order valence-corrected chi connectivity index (χ3v) is 13.9. The van der Waals surface area contributed by atoms with E-state index in [0.29, 0.717) is 19.3 Å². The quantitative estimate of drug-likeness (QED) is 0.194. The predicted octanol–water partition coefficient (Wildman–Crippen LogP) is 5.67. The summed E-state index contributed by atoms with van der Waals surface area (Å²) in [5.41, 5.74) is -2.13. The topological polar surface area (TPSA) is 183 Å². The first-order valence-corrected chi connectivity index (χ1v) is 21.3. The number of fused-ring (bicyclic) bond motifs is 2. The molecule has 2 bridgehead atoms. The van der Waals surface area contributed by atoms with Gasteiger partial charge in [-0.25, -0.2) is 4.79 Å². The van der Waals surface area contributed by atoms with Crippen molar-refractivity contribution >= 4 is 11.8 Å². The molecule has 6 N–H and O–H groups in total. The molecule has 19 atom stereocenters. The van der Waals surface area contributed by atoms with Gasteiger partial charge in [-0.15, -0.1) is 0 Å². The Hall–Kier alpha value is -1.96. The van der Waals surface area contributed by atoms with E-state index in [1.165, 1.54) is 13.0 Å². The molecule has 11 heteroatoms. The van der Waals surface area contributed by atoms with E-state index in [-0.39, 0.29) is 41.8 Å². The molecule has 0 radical (unpaired) electrons. The summed E-state index contributed by atoms with van der Waals surface area (Å²) < 4.78 is 20.2. The molecular formula is C45H76O11. The third-order valence-electron chi connectivity index (χ3n) is 13.9. The van der Waals surface area contributed by atoms with Crippen LogP contribution in [0.5, 0.6) is 0 Å². The van der Waals surface area contributed by atoms with Crippen molar-refractivity contribution in [1.82, 2.24) is 0 Å². The molecule has 2 saturated heterocycles. The molecule has 322 valence electrons. The van der Waals surface area contributed by atoms with Gasteiger partial charge in [-0.2, -0.15) is 0 Å². The number of hydrogen-bond donors (Lipinski definition) is 6. The van der Waals surface area contributed by atoms with E-state index < -0.39 is 89.9 Å². The highest BCUT2D eigenvalue weighted by Gasteiger charge is 2.57. The smallest absolute Gasteiger partial charge is 0.330 e. The molecule has 0 aliphatic carbocycles. The van der Waals surface area contributed by atoms with Gasteiger partial charge in [-0.3, -0.25) is 4.79 Å². The molecule has 2 fully saturated rings. The average Bonchev–Trinajstić information content (AvgIpc) is 3.16. The van der Waals surface area contributed by atoms with Gasteiger partial charge in [0, 0.05) is 54.4 Å². The van der Waals surface area contributed by atoms with Crippen LogP contribution in [-0.4, -0.2) is 103 Å². The number of Topliss-reactive ketones (excluding diaryl/α,β-unsaturated/α-hetero) is 1. The van der Waals surface area contributed by atoms with E-state index in [9.17, 15) is 40.2 Å². The molecule has 0 saturated carbocycles. The molecule has 0 aromatic heterocycles. The molecule has 1 spiro atoms. The largest absolute Gasteiger partial charge is 0.458 e. The van der Waals surface area contributed by atoms with Crippen LogP contribution in [0.3, 0.4) is 0 Å². The fourth-order valence-corrected chi connectivity index (χ4v) is 8.98. The number of carbonyl (C=O) groups is 2. The number of esters is 1. The van der Waals surface area contributed by atoms with Crippen LogP contribution in [-0.2, 0) is 23.8 Å². The second kappa shape index (κ2) is 20.8. The zero-order valence-corrected chi connectivity index (χ0v) is 36.0. The van der Waals surface area contributed by atoms with Crippen LogP contribution >= 0.6 is 0 Å². The number of carbonyl (C=O) groups excluding carboxylic acids is 2. The van der Waals surface area contributed by atoms with Crippen LogP contribution in [0, 0.1) is 53.3 Å². The van der Waals surface area contributed by atoms with Gasteiger partial charge in [0.05, 0.1) is 42.7 Å². The first-order chi connectivity index (χ1) is 26.1. The second-order valence-electron chi connectivity index (χ2n) is 18.2. The Labute approximate surface area is 336 Å². The van der Waals surface area contributed by atoms with Crippen molar-refractivity contribution < 1.29 is 54.4 Å². The number of rotatable bonds is 3. The molecule has 56 heavy (non-hydrogen) atoms. The lowest BCUT2D eigenvalue weighted by atomic mass is 9.74. The van der Waals surface area contributed by atoms with Crippen molar-refractivity contribution in [3.63, 3.8) is 0 Å². The number of aliphatic hydroxyl groups excluding tert-OH is 5. The lowest BCUT2D eigenvalue weighted by Gasteiger charge is -2.56. The SMILES string of the molecule is CCC1/C=C/C=C/CC(C)C(O)C(C)(O)C(=O)CC(O)C(C)C(O)C(C)C(O)C(C)/C=C/C(=O)OC2C(C)C(CC1)OC1(CCC(C)C(C(C)C(C)O)O1)C2C. The fraction of sp³-hybridized carbons (Fsp3) is 0.822. The highest BCUT2D eigenvalue weighted by molar-refractivity contribution is 5.87. The van der Waals surface area contributed by atoms with E-state index >= 15 is 0 Å². The van der Waals surface area contributed by atoms with Gasteiger partial charge in [0.15, 0.2) is 11.6 Å². The molecular weight excluding hydrogens is 716 g/mol. The van der Waals surface area contributed by atoms with Gasteiger partial charge < -0.3 is 44.8 Å². The number of ketones is 1. The molecule has 11 nitrogen and oxygen atoms in total. The Bertz CT molecular complexity index is 1340. The maximum Gasteiger partial charge on any atom is 0.330 e. The second-order valence-corrected chi connectivity index (χ2v) is 18.2. The summed E-state index contributed by atoms with van der Waals surface area (Å²) >= 11 is 0. The molecule has 3 aliphatic heterocycles. The zero-order chi connectivity index (χ0) is 42.3. The zero-order valence-electron chi connectivity index (χ0n) is 36.0. The molecule has 3 heterocycles. The van der Waals surface area contributed by atoms with E-state index in [2.05, 4.69) is 26.8 Å². The van der Waals surface area contributed by atoms with Crippen LogP contribution in [0.2, 0.25) is 0 Å². The third kappa shape index (κ3) is 11.6. The Kier molecular flexibility index (Phi) is 18.0. The van der Waals surface area contributed by atoms with Crippen LogP contribution in [0.1, 0.15) is 121 Å². The van der Waals surface area contributed by atoms with E-state index in [1.807, 2.05) is 32.1 Å². The molecule has 3 aliphatic rings. The fourth-order valence-electron chi connectivity index (χ4n) is 8.98. The maximum absolute atomic E-state index is 13.6. The highest BCUT2D eigenvalue weighted by atomic mass is 16.7. The minimum Gasteiger partial charge on any atom is -0.458 e. The summed E-state index contributed by atoms with van der Waals surface area (Å²) in [6.45, 7) is 20.0. The Morgan fingerprint density at radius 2 is 1.50 bits per heavy atom. The summed E-state index contributed by atoms with van der Waals surface area (Å²) in [5, 5.41) is 66.1. The Morgan fingerprint density at radius 1 is 0.839 bits per heavy atom. The number of hydrogen-bond acceptors (Lipinski definition) is 11. The predicted molar refractivity (Wildman–Crippen MR) is 216 cm³/mol. The van der Waals surface area contributed by atoms with Crippen LogP contribution in [0.15, 0.2) is 36.5 Å². The summed E-state index contributed by atoms with van der Waals surface area (Å²) in [5.74, 6) is -5.18. The monoisotopic (exact) mass is 793 g/mol. The van der Waals surface area contributed by atoms with Gasteiger partial charge in [0.2, 0.25) is 0 Å². The van der Waals surface area contributed by atoms with Crippen molar-refractivity contribution in [1.29, 1.82) is 0 Å². The van der Waals surface area contributed by atoms with E-state index in [0.717, 1.165) is 19.3 Å². The normalized spacial score (nSPS) is 47.3. The molecule has 0 aromatic carbocycles. The number of aliphatic hydroxyl groups is 6. The van der Waals surface area contributed by atoms with Gasteiger partial charge in [0.25, 0.3) is 0 Å². The summed E-state index contributed by atoms with van der Waals surface area (Å²) in [6, 6.07) is 0. The maximum atomic E-state index is 13.6.